The Labute approximate surface area is 143 Å². The van der Waals surface area contributed by atoms with E-state index in [1.54, 1.807) is 12.5 Å². The number of amides is 1. The van der Waals surface area contributed by atoms with Crippen LogP contribution in [0.5, 0.6) is 0 Å². The molecule has 1 amide bonds. The van der Waals surface area contributed by atoms with Gasteiger partial charge in [-0.2, -0.15) is 0 Å². The van der Waals surface area contributed by atoms with Gasteiger partial charge in [-0.3, -0.25) is 4.79 Å². The lowest BCUT2D eigenvalue weighted by Gasteiger charge is -2.25. The fraction of sp³-hybridized carbons (Fsp3) is 0.167. The zero-order valence-electron chi connectivity index (χ0n) is 12.8. The summed E-state index contributed by atoms with van der Waals surface area (Å²) in [7, 11) is 0. The highest BCUT2D eigenvalue weighted by atomic mass is 32.1. The van der Waals surface area contributed by atoms with Gasteiger partial charge >= 0.3 is 0 Å². The van der Waals surface area contributed by atoms with Crippen LogP contribution in [-0.2, 0) is 13.0 Å². The summed E-state index contributed by atoms with van der Waals surface area (Å²) in [4.78, 5) is 26.7. The van der Waals surface area contributed by atoms with Crippen molar-refractivity contribution in [2.24, 2.45) is 0 Å². The van der Waals surface area contributed by atoms with Crippen LogP contribution in [0, 0.1) is 11.8 Å². The van der Waals surface area contributed by atoms with Gasteiger partial charge in [0.25, 0.3) is 5.91 Å². The van der Waals surface area contributed by atoms with E-state index in [1.807, 2.05) is 35.2 Å². The van der Waals surface area contributed by atoms with Crippen LogP contribution in [0.3, 0.4) is 0 Å². The van der Waals surface area contributed by atoms with Crippen LogP contribution in [0.2, 0.25) is 0 Å². The number of carbonyl (C=O) groups is 1. The van der Waals surface area contributed by atoms with Gasteiger partial charge in [0.1, 0.15) is 4.88 Å². The van der Waals surface area contributed by atoms with E-state index in [0.29, 0.717) is 23.0 Å². The van der Waals surface area contributed by atoms with E-state index in [-0.39, 0.29) is 5.91 Å². The molecule has 118 valence electrons. The molecule has 0 unspecified atom stereocenters. The molecule has 0 aliphatic carbocycles. The van der Waals surface area contributed by atoms with Crippen molar-refractivity contribution in [2.75, 3.05) is 6.54 Å². The molecule has 6 heteroatoms. The first-order chi connectivity index (χ1) is 11.8. The molecule has 3 heterocycles. The highest BCUT2D eigenvalue weighted by Crippen LogP contribution is 2.20. The first-order valence-electron chi connectivity index (χ1n) is 7.63. The summed E-state index contributed by atoms with van der Waals surface area (Å²) >= 11 is 1.33. The summed E-state index contributed by atoms with van der Waals surface area (Å²) in [6.45, 7) is 1.23. The van der Waals surface area contributed by atoms with Gasteiger partial charge in [-0.15, -0.1) is 11.3 Å². The molecule has 0 radical (unpaired) electrons. The van der Waals surface area contributed by atoms with E-state index < -0.39 is 0 Å². The minimum Gasteiger partial charge on any atom is -0.348 e. The zero-order valence-corrected chi connectivity index (χ0v) is 13.6. The predicted molar refractivity (Wildman–Crippen MR) is 91.6 cm³/mol. The average molecular weight is 334 g/mol. The van der Waals surface area contributed by atoms with Gasteiger partial charge < -0.3 is 9.88 Å². The molecular formula is C18H14N4OS. The Hall–Kier alpha value is -2.91. The molecule has 0 fully saturated rings. The first-order valence-corrected chi connectivity index (χ1v) is 8.44. The third-order valence-electron chi connectivity index (χ3n) is 3.87. The molecule has 24 heavy (non-hydrogen) atoms. The second-order valence-electron chi connectivity index (χ2n) is 5.45. The number of fused-ring (bicyclic) bond motifs is 1. The van der Waals surface area contributed by atoms with E-state index >= 15 is 0 Å². The van der Waals surface area contributed by atoms with Crippen molar-refractivity contribution in [1.29, 1.82) is 0 Å². The Balaban J connectivity index is 1.49. The number of nitrogens with zero attached hydrogens (tertiary/aromatic N) is 3. The van der Waals surface area contributed by atoms with Crippen LogP contribution >= 0.6 is 11.3 Å². The highest BCUT2D eigenvalue weighted by Gasteiger charge is 2.24. The molecule has 3 aromatic rings. The van der Waals surface area contributed by atoms with Gasteiger partial charge in [-0.1, -0.05) is 24.1 Å². The molecule has 4 rings (SSSR count). The summed E-state index contributed by atoms with van der Waals surface area (Å²) in [6, 6.07) is 9.74. The van der Waals surface area contributed by atoms with Crippen molar-refractivity contribution >= 4 is 17.2 Å². The van der Waals surface area contributed by atoms with Gasteiger partial charge in [0, 0.05) is 24.2 Å². The molecule has 0 saturated carbocycles. The number of aromatic nitrogens is 3. The normalized spacial score (nSPS) is 13.1. The number of thiazole rings is 1. The Morgan fingerprint density at radius 2 is 2.08 bits per heavy atom. The fourth-order valence-corrected chi connectivity index (χ4v) is 3.35. The van der Waals surface area contributed by atoms with Crippen molar-refractivity contribution < 1.29 is 4.79 Å². The summed E-state index contributed by atoms with van der Waals surface area (Å²) in [5.74, 6) is 6.08. The molecule has 1 aromatic carbocycles. The number of hydrogen-bond donors (Lipinski definition) is 1. The molecule has 0 bridgehead atoms. The van der Waals surface area contributed by atoms with Crippen molar-refractivity contribution in [1.82, 2.24) is 19.9 Å². The van der Waals surface area contributed by atoms with Crippen molar-refractivity contribution in [2.45, 2.75) is 13.0 Å². The number of H-pyrrole nitrogens is 1. The Morgan fingerprint density at radius 3 is 2.96 bits per heavy atom. The third-order valence-corrected chi connectivity index (χ3v) is 4.77. The van der Waals surface area contributed by atoms with Gasteiger partial charge in [0.2, 0.25) is 0 Å². The number of hydrogen-bond acceptors (Lipinski definition) is 4. The largest absolute Gasteiger partial charge is 0.348 e. The Bertz CT molecular complexity index is 933. The molecular weight excluding hydrogens is 320 g/mol. The van der Waals surface area contributed by atoms with Gasteiger partial charge in [0.05, 0.1) is 24.8 Å². The predicted octanol–water partition coefficient (Wildman–Crippen LogP) is 2.46. The van der Waals surface area contributed by atoms with E-state index in [4.69, 9.17) is 0 Å². The van der Waals surface area contributed by atoms with Crippen LogP contribution < -0.4 is 0 Å². The minimum atomic E-state index is -0.00564. The second kappa shape index (κ2) is 6.30. The van der Waals surface area contributed by atoms with Crippen LogP contribution in [0.25, 0.3) is 0 Å². The number of nitrogens with one attached hydrogen (secondary N) is 1. The van der Waals surface area contributed by atoms with Gasteiger partial charge in [0.15, 0.2) is 5.01 Å². The maximum absolute atomic E-state index is 12.6. The standard InChI is InChI=1S/C18H14N4OS/c23-18(22-9-8-14-15(11-22)21-12-20-14)16-10-19-17(24-16)7-6-13-4-2-1-3-5-13/h1-5,10,12H,8-9,11H2,(H,20,21). The third kappa shape index (κ3) is 2.94. The fourth-order valence-electron chi connectivity index (χ4n) is 2.62. The number of carbonyl (C=O) groups excluding carboxylic acids is 1. The van der Waals surface area contributed by atoms with Crippen LogP contribution in [0.1, 0.15) is 31.6 Å². The molecule has 1 aliphatic heterocycles. The maximum atomic E-state index is 12.6. The number of benzene rings is 1. The van der Waals surface area contributed by atoms with E-state index in [2.05, 4.69) is 26.8 Å². The smallest absolute Gasteiger partial charge is 0.265 e. The molecule has 5 nitrogen and oxygen atoms in total. The monoisotopic (exact) mass is 334 g/mol. The Morgan fingerprint density at radius 1 is 1.21 bits per heavy atom. The van der Waals surface area contributed by atoms with E-state index in [0.717, 1.165) is 23.4 Å². The Kier molecular flexibility index (Phi) is 3.85. The molecule has 1 N–H and O–H groups in total. The van der Waals surface area contributed by atoms with Crippen LogP contribution in [0.4, 0.5) is 0 Å². The van der Waals surface area contributed by atoms with Crippen molar-refractivity contribution in [3.63, 3.8) is 0 Å². The zero-order chi connectivity index (χ0) is 16.4. The van der Waals surface area contributed by atoms with Gasteiger partial charge in [-0.05, 0) is 18.1 Å². The van der Waals surface area contributed by atoms with Crippen LogP contribution in [-0.4, -0.2) is 32.3 Å². The summed E-state index contributed by atoms with van der Waals surface area (Å²) < 4.78 is 0. The minimum absolute atomic E-state index is 0.00564. The summed E-state index contributed by atoms with van der Waals surface area (Å²) in [6.07, 6.45) is 4.10. The number of aromatic amines is 1. The first kappa shape index (κ1) is 14.7. The number of imidazole rings is 1. The van der Waals surface area contributed by atoms with Crippen LogP contribution in [0.15, 0.2) is 42.9 Å². The number of rotatable bonds is 1. The lowest BCUT2D eigenvalue weighted by atomic mass is 10.1. The lowest BCUT2D eigenvalue weighted by Crippen LogP contribution is -2.35. The summed E-state index contributed by atoms with van der Waals surface area (Å²) in [5.41, 5.74) is 3.00. The van der Waals surface area contributed by atoms with E-state index in [9.17, 15) is 4.79 Å². The summed E-state index contributed by atoms with van der Waals surface area (Å²) in [5, 5.41) is 0.652. The van der Waals surface area contributed by atoms with E-state index in [1.165, 1.54) is 11.3 Å². The second-order valence-corrected chi connectivity index (χ2v) is 6.48. The highest BCUT2D eigenvalue weighted by molar-refractivity contribution is 7.14. The van der Waals surface area contributed by atoms with Crippen molar-refractivity contribution in [3.05, 3.63) is 69.7 Å². The molecule has 0 saturated heterocycles. The lowest BCUT2D eigenvalue weighted by molar-refractivity contribution is 0.0736. The maximum Gasteiger partial charge on any atom is 0.265 e. The molecule has 1 aliphatic rings. The van der Waals surface area contributed by atoms with Gasteiger partial charge in [-0.25, -0.2) is 9.97 Å². The molecule has 2 aromatic heterocycles. The quantitative estimate of drug-likeness (QED) is 0.696. The topological polar surface area (TPSA) is 61.9 Å². The average Bonchev–Trinajstić information content (AvgIpc) is 3.29. The van der Waals surface area contributed by atoms with Crippen molar-refractivity contribution in [3.8, 4) is 11.8 Å². The molecule has 0 spiro atoms. The molecule has 0 atom stereocenters. The SMILES string of the molecule is O=C(c1cnc(C#Cc2ccccc2)s1)N1CCc2[nH]cnc2C1.